The number of hydrogen-bond acceptors (Lipinski definition) is 5. The molecule has 0 bridgehead atoms. The molecule has 0 unspecified atom stereocenters. The van der Waals surface area contributed by atoms with E-state index in [-0.39, 0.29) is 11.5 Å². The van der Waals surface area contributed by atoms with E-state index in [0.717, 1.165) is 5.56 Å². The molecule has 0 aliphatic rings. The third-order valence-corrected chi connectivity index (χ3v) is 3.49. The molecule has 7 heteroatoms. The maximum atomic E-state index is 11.7. The van der Waals surface area contributed by atoms with Gasteiger partial charge in [-0.05, 0) is 18.4 Å². The molecule has 2 heterocycles. The van der Waals surface area contributed by atoms with E-state index in [0.29, 0.717) is 17.0 Å². The first-order chi connectivity index (χ1) is 9.17. The third kappa shape index (κ3) is 2.08. The van der Waals surface area contributed by atoms with Gasteiger partial charge < -0.3 is 10.7 Å². The zero-order valence-corrected chi connectivity index (χ0v) is 10.9. The van der Waals surface area contributed by atoms with Crippen molar-refractivity contribution in [3.63, 3.8) is 0 Å². The van der Waals surface area contributed by atoms with E-state index in [2.05, 4.69) is 19.9 Å². The molecule has 0 aliphatic heterocycles. The molecule has 0 amide bonds. The average Bonchev–Trinajstić information content (AvgIpc) is 2.83. The van der Waals surface area contributed by atoms with Gasteiger partial charge in [0.05, 0.1) is 0 Å². The summed E-state index contributed by atoms with van der Waals surface area (Å²) in [6.45, 7) is 0. The van der Waals surface area contributed by atoms with Crippen molar-refractivity contribution in [3.8, 4) is 11.4 Å². The van der Waals surface area contributed by atoms with Gasteiger partial charge >= 0.3 is 0 Å². The minimum Gasteiger partial charge on any atom is -0.369 e. The first kappa shape index (κ1) is 11.8. The van der Waals surface area contributed by atoms with Crippen LogP contribution >= 0.6 is 11.8 Å². The molecule has 96 valence electrons. The van der Waals surface area contributed by atoms with Crippen LogP contribution in [0.5, 0.6) is 0 Å². The van der Waals surface area contributed by atoms with Crippen LogP contribution in [-0.2, 0) is 0 Å². The van der Waals surface area contributed by atoms with E-state index in [4.69, 9.17) is 5.73 Å². The largest absolute Gasteiger partial charge is 0.369 e. The van der Waals surface area contributed by atoms with Gasteiger partial charge in [0.15, 0.2) is 11.2 Å². The van der Waals surface area contributed by atoms with Crippen molar-refractivity contribution < 1.29 is 0 Å². The normalized spacial score (nSPS) is 11.0. The molecule has 6 nitrogen and oxygen atoms in total. The van der Waals surface area contributed by atoms with Gasteiger partial charge in [0.2, 0.25) is 5.95 Å². The Morgan fingerprint density at radius 1 is 1.16 bits per heavy atom. The molecule has 3 aromatic rings. The second kappa shape index (κ2) is 4.43. The molecule has 0 fully saturated rings. The summed E-state index contributed by atoms with van der Waals surface area (Å²) >= 11 is 1.67. The minimum absolute atomic E-state index is 0.0632. The highest BCUT2D eigenvalue weighted by atomic mass is 32.2. The van der Waals surface area contributed by atoms with Crippen LogP contribution in [0.25, 0.3) is 22.6 Å². The molecule has 0 aliphatic carbocycles. The Morgan fingerprint density at radius 3 is 2.58 bits per heavy atom. The summed E-state index contributed by atoms with van der Waals surface area (Å²) in [6, 6.07) is 7.89. The van der Waals surface area contributed by atoms with Gasteiger partial charge in [0, 0.05) is 10.5 Å². The summed E-state index contributed by atoms with van der Waals surface area (Å²) in [5.41, 5.74) is 6.72. The molecule has 19 heavy (non-hydrogen) atoms. The van der Waals surface area contributed by atoms with E-state index in [1.165, 1.54) is 4.90 Å². The van der Waals surface area contributed by atoms with Crippen LogP contribution in [0.2, 0.25) is 0 Å². The van der Waals surface area contributed by atoms with Crippen LogP contribution < -0.4 is 11.3 Å². The molecule has 1 aromatic carbocycles. The molecule has 0 saturated carbocycles. The molecule has 0 radical (unpaired) electrons. The van der Waals surface area contributed by atoms with Crippen LogP contribution in [0.15, 0.2) is 34.0 Å². The van der Waals surface area contributed by atoms with Crippen LogP contribution in [0.1, 0.15) is 0 Å². The number of H-pyrrole nitrogens is 2. The van der Waals surface area contributed by atoms with Crippen molar-refractivity contribution in [1.82, 2.24) is 19.9 Å². The number of hydrogen-bond donors (Lipinski definition) is 3. The summed E-state index contributed by atoms with van der Waals surface area (Å²) in [4.78, 5) is 26.5. The fourth-order valence-corrected chi connectivity index (χ4v) is 2.22. The third-order valence-electron chi connectivity index (χ3n) is 2.74. The fraction of sp³-hybridized carbons (Fsp3) is 0.0833. The summed E-state index contributed by atoms with van der Waals surface area (Å²) < 4.78 is 0. The Kier molecular flexibility index (Phi) is 2.75. The highest BCUT2D eigenvalue weighted by Gasteiger charge is 2.10. The quantitative estimate of drug-likeness (QED) is 0.616. The number of nitrogens with two attached hydrogens (primary N) is 1. The van der Waals surface area contributed by atoms with E-state index in [1.807, 2.05) is 30.5 Å². The molecular weight excluding hydrogens is 262 g/mol. The Balaban J connectivity index is 2.14. The lowest BCUT2D eigenvalue weighted by Crippen LogP contribution is -2.10. The van der Waals surface area contributed by atoms with Gasteiger partial charge in [-0.1, -0.05) is 12.1 Å². The summed E-state index contributed by atoms with van der Waals surface area (Å²) in [6.07, 6.45) is 2.02. The summed E-state index contributed by atoms with van der Waals surface area (Å²) in [7, 11) is 0. The number of nitrogen functional groups attached to an aromatic ring is 1. The van der Waals surface area contributed by atoms with Gasteiger partial charge in [-0.25, -0.2) is 4.98 Å². The Bertz CT molecular complexity index is 790. The van der Waals surface area contributed by atoms with Crippen molar-refractivity contribution in [2.75, 3.05) is 12.0 Å². The molecule has 2 aromatic heterocycles. The number of aromatic nitrogens is 4. The van der Waals surface area contributed by atoms with E-state index < -0.39 is 0 Å². The first-order valence-corrected chi connectivity index (χ1v) is 6.80. The maximum absolute atomic E-state index is 11.7. The number of nitrogens with zero attached hydrogens (tertiary/aromatic N) is 2. The van der Waals surface area contributed by atoms with Gasteiger partial charge in [-0.2, -0.15) is 4.98 Å². The zero-order valence-electron chi connectivity index (χ0n) is 10.1. The van der Waals surface area contributed by atoms with Crippen molar-refractivity contribution in [3.05, 3.63) is 34.6 Å². The Hall–Kier alpha value is -2.28. The van der Waals surface area contributed by atoms with Crippen LogP contribution in [0.4, 0.5) is 5.95 Å². The lowest BCUT2D eigenvalue weighted by atomic mass is 10.2. The maximum Gasteiger partial charge on any atom is 0.278 e. The van der Waals surface area contributed by atoms with Gasteiger partial charge in [-0.15, -0.1) is 11.8 Å². The summed E-state index contributed by atoms with van der Waals surface area (Å²) in [5, 5.41) is 0. The first-order valence-electron chi connectivity index (χ1n) is 5.57. The number of anilines is 1. The van der Waals surface area contributed by atoms with E-state index in [1.54, 1.807) is 11.8 Å². The number of imidazole rings is 1. The standard InChI is InChI=1S/C12H11N5OS/c1-19-7-4-2-6(3-5-7)9-14-8-10(15-9)16-12(13)17-11(8)18/h2-5H,1H3,(H4,13,14,15,16,17,18). The Morgan fingerprint density at radius 2 is 1.89 bits per heavy atom. The van der Waals surface area contributed by atoms with Crippen molar-refractivity contribution in [2.45, 2.75) is 4.90 Å². The number of aromatic amines is 2. The molecule has 4 N–H and O–H groups in total. The SMILES string of the molecule is CSc1ccc(-c2nc3nc(N)[nH]c(=O)c3[nH]2)cc1. The molecule has 0 spiro atoms. The number of thioether (sulfide) groups is 1. The second-order valence-electron chi connectivity index (χ2n) is 3.96. The molecule has 0 atom stereocenters. The lowest BCUT2D eigenvalue weighted by molar-refractivity contribution is 1.17. The van der Waals surface area contributed by atoms with Crippen molar-refractivity contribution in [2.24, 2.45) is 0 Å². The van der Waals surface area contributed by atoms with Crippen molar-refractivity contribution in [1.29, 1.82) is 0 Å². The number of rotatable bonds is 2. The van der Waals surface area contributed by atoms with Gasteiger partial charge in [-0.3, -0.25) is 9.78 Å². The number of nitrogens with one attached hydrogen (secondary N) is 2. The second-order valence-corrected chi connectivity index (χ2v) is 4.84. The lowest BCUT2D eigenvalue weighted by Gasteiger charge is -1.98. The van der Waals surface area contributed by atoms with E-state index >= 15 is 0 Å². The predicted molar refractivity (Wildman–Crippen MR) is 76.1 cm³/mol. The molecule has 3 rings (SSSR count). The Labute approximate surface area is 112 Å². The highest BCUT2D eigenvalue weighted by Crippen LogP contribution is 2.21. The number of fused-ring (bicyclic) bond motifs is 1. The molecular formula is C12H11N5OS. The minimum atomic E-state index is -0.318. The molecule has 0 saturated heterocycles. The monoisotopic (exact) mass is 273 g/mol. The number of benzene rings is 1. The van der Waals surface area contributed by atoms with E-state index in [9.17, 15) is 4.79 Å². The fourth-order valence-electron chi connectivity index (χ4n) is 1.81. The van der Waals surface area contributed by atoms with Crippen LogP contribution in [-0.4, -0.2) is 26.2 Å². The van der Waals surface area contributed by atoms with Crippen LogP contribution in [0, 0.1) is 0 Å². The zero-order chi connectivity index (χ0) is 13.4. The predicted octanol–water partition coefficient (Wildman–Crippen LogP) is 1.62. The highest BCUT2D eigenvalue weighted by molar-refractivity contribution is 7.98. The summed E-state index contributed by atoms with van der Waals surface area (Å²) in [5.74, 6) is 0.666. The van der Waals surface area contributed by atoms with Gasteiger partial charge in [0.25, 0.3) is 5.56 Å². The topological polar surface area (TPSA) is 100 Å². The smallest absolute Gasteiger partial charge is 0.278 e. The average molecular weight is 273 g/mol. The van der Waals surface area contributed by atoms with Gasteiger partial charge in [0.1, 0.15) is 5.82 Å². The van der Waals surface area contributed by atoms with Crippen LogP contribution in [0.3, 0.4) is 0 Å². The van der Waals surface area contributed by atoms with Crippen molar-refractivity contribution >= 4 is 28.9 Å².